The molecule has 2 bridgehead atoms. The number of carboxylic acid groups (broad SMARTS) is 4. The second kappa shape index (κ2) is 49.0. The first-order valence-corrected chi connectivity index (χ1v) is 40.5. The fourth-order valence-corrected chi connectivity index (χ4v) is 15.0. The molecule has 3 saturated heterocycles. The highest BCUT2D eigenvalue weighted by Gasteiger charge is 2.41. The van der Waals surface area contributed by atoms with Crippen molar-refractivity contribution in [1.29, 1.82) is 0 Å². The van der Waals surface area contributed by atoms with Gasteiger partial charge in [0.05, 0.1) is 38.0 Å². The van der Waals surface area contributed by atoms with Crippen LogP contribution in [0.2, 0.25) is 0 Å². The molecule has 3 aliphatic rings. The van der Waals surface area contributed by atoms with Crippen LogP contribution in [0.25, 0.3) is 0 Å². The summed E-state index contributed by atoms with van der Waals surface area (Å²) in [6.07, 6.45) is -8.77. The van der Waals surface area contributed by atoms with Crippen molar-refractivity contribution in [2.75, 3.05) is 29.6 Å². The van der Waals surface area contributed by atoms with Crippen LogP contribution < -0.4 is 97.0 Å². The number of primary amides is 2. The summed E-state index contributed by atoms with van der Waals surface area (Å²) in [7, 11) is 2.59. The summed E-state index contributed by atoms with van der Waals surface area (Å²) in [6.45, 7) is 13.3. The first kappa shape index (κ1) is 99.3. The third-order valence-electron chi connectivity index (χ3n) is 16.4. The van der Waals surface area contributed by atoms with Crippen molar-refractivity contribution in [1.82, 2.24) is 79.8 Å². The Balaban J connectivity index is 3.28. The van der Waals surface area contributed by atoms with Crippen LogP contribution in [0.4, 0.5) is 0 Å². The summed E-state index contributed by atoms with van der Waals surface area (Å²) in [6, 6.07) is -27.7. The number of carbonyl (C=O) groups excluding carboxylic acids is 17. The first-order valence-electron chi connectivity index (χ1n) is 35.5. The van der Waals surface area contributed by atoms with E-state index in [1.165, 1.54) is 27.7 Å². The molecule has 3 heterocycles. The van der Waals surface area contributed by atoms with Gasteiger partial charge in [-0.2, -0.15) is 0 Å². The van der Waals surface area contributed by atoms with Gasteiger partial charge in [0.1, 0.15) is 84.6 Å². The van der Waals surface area contributed by atoms with Gasteiger partial charge in [0.2, 0.25) is 100 Å². The molecule has 16 unspecified atom stereocenters. The summed E-state index contributed by atoms with van der Waals surface area (Å²) in [5.41, 5.74) is 16.4. The summed E-state index contributed by atoms with van der Waals surface area (Å²) < 4.78 is 0. The van der Waals surface area contributed by atoms with Crippen molar-refractivity contribution >= 4 is 167 Å². The lowest BCUT2D eigenvalue weighted by molar-refractivity contribution is -0.143. The second-order valence-electron chi connectivity index (χ2n) is 28.0. The van der Waals surface area contributed by atoms with Crippen LogP contribution in [0.3, 0.4) is 0 Å². The molecule has 0 aliphatic carbocycles. The lowest BCUT2D eigenvalue weighted by Gasteiger charge is -2.29. The van der Waals surface area contributed by atoms with E-state index in [1.807, 2.05) is 5.32 Å². The Labute approximate surface area is 664 Å². The van der Waals surface area contributed by atoms with Gasteiger partial charge in [0, 0.05) is 35.9 Å². The van der Waals surface area contributed by atoms with Crippen LogP contribution in [0, 0.1) is 23.7 Å². The number of rotatable bonds is 28. The van der Waals surface area contributed by atoms with E-state index in [9.17, 15) is 126 Å². The van der Waals surface area contributed by atoms with E-state index in [1.54, 1.807) is 27.7 Å². The molecule has 0 radical (unpaired) electrons. The maximum absolute atomic E-state index is 14.9. The van der Waals surface area contributed by atoms with Gasteiger partial charge in [-0.25, -0.2) is 4.79 Å². The number of aliphatic hydroxyl groups excluding tert-OH is 1. The number of aliphatic hydroxyl groups is 1. The Morgan fingerprint density at radius 1 is 0.469 bits per heavy atom. The third-order valence-corrected chi connectivity index (χ3v) is 21.3. The van der Waals surface area contributed by atoms with Gasteiger partial charge >= 0.3 is 23.9 Å². The molecule has 0 saturated carbocycles. The van der Waals surface area contributed by atoms with E-state index in [0.717, 1.165) is 35.4 Å². The van der Waals surface area contributed by atoms with Crippen molar-refractivity contribution in [3.63, 3.8) is 0 Å². The number of nitrogens with one attached hydrogen (secondary N) is 15. The van der Waals surface area contributed by atoms with E-state index in [-0.39, 0.29) is 18.8 Å². The molecule has 48 heteroatoms. The Morgan fingerprint density at radius 2 is 0.965 bits per heavy atom. The predicted octanol–water partition coefficient (Wildman–Crippen LogP) is -8.15. The van der Waals surface area contributed by atoms with Gasteiger partial charge in [-0.3, -0.25) is 95.9 Å². The van der Waals surface area contributed by atoms with E-state index < -0.39 is 313 Å². The molecule has 0 aromatic heterocycles. The minimum Gasteiger partial charge on any atom is -0.481 e. The maximum Gasteiger partial charge on any atom is 0.326 e. The van der Waals surface area contributed by atoms with Gasteiger partial charge < -0.3 is 122 Å². The predicted molar refractivity (Wildman–Crippen MR) is 405 cm³/mol. The number of fused-ring (bicyclic) bond motifs is 37. The molecule has 0 aromatic rings. The number of carbonyl (C=O) groups is 21. The highest BCUT2D eigenvalue weighted by molar-refractivity contribution is 8.77. The van der Waals surface area contributed by atoms with Crippen LogP contribution in [-0.4, -0.2) is 276 Å². The monoisotopic (exact) mass is 1680 g/mol. The van der Waals surface area contributed by atoms with Crippen molar-refractivity contribution in [2.24, 2.45) is 40.9 Å². The normalized spacial score (nSPS) is 24.5. The van der Waals surface area contributed by atoms with Crippen LogP contribution in [0.15, 0.2) is 0 Å². The Bertz CT molecular complexity index is 3490. The van der Waals surface area contributed by atoms with Crippen LogP contribution in [-0.2, 0) is 101 Å². The summed E-state index contributed by atoms with van der Waals surface area (Å²) >= 11 is 0. The van der Waals surface area contributed by atoms with Crippen molar-refractivity contribution in [3.05, 3.63) is 0 Å². The number of carboxylic acids is 4. The molecule has 0 aromatic carbocycles. The smallest absolute Gasteiger partial charge is 0.326 e. The fraction of sp³-hybridized carbons (Fsp3) is 0.677. The van der Waals surface area contributed by atoms with Gasteiger partial charge in [-0.1, -0.05) is 98.6 Å². The zero-order valence-electron chi connectivity index (χ0n) is 63.6. The van der Waals surface area contributed by atoms with Gasteiger partial charge in [-0.05, 0) is 63.2 Å². The van der Waals surface area contributed by atoms with Crippen molar-refractivity contribution in [2.45, 2.75) is 224 Å². The molecule has 113 heavy (non-hydrogen) atoms. The molecule has 44 nitrogen and oxygen atoms in total. The zero-order chi connectivity index (χ0) is 86.0. The van der Waals surface area contributed by atoms with Crippen molar-refractivity contribution < 1.29 is 126 Å². The molecule has 0 spiro atoms. The zero-order valence-corrected chi connectivity index (χ0v) is 66.9. The van der Waals surface area contributed by atoms with Crippen LogP contribution in [0.1, 0.15) is 127 Å². The molecule has 3 fully saturated rings. The number of nitrogens with two attached hydrogens (primary N) is 3. The van der Waals surface area contributed by atoms with Gasteiger partial charge in [0.25, 0.3) is 0 Å². The molecule has 634 valence electrons. The van der Waals surface area contributed by atoms with Gasteiger partial charge in [0.15, 0.2) is 0 Å². The fourth-order valence-electron chi connectivity index (χ4n) is 10.4. The highest BCUT2D eigenvalue weighted by Crippen LogP contribution is 2.26. The average molecular weight is 1680 g/mol. The number of hydrogen-bond acceptors (Lipinski definition) is 27. The average Bonchev–Trinajstić information content (AvgIpc) is 0.954. The van der Waals surface area contributed by atoms with Crippen LogP contribution in [0.5, 0.6) is 0 Å². The third kappa shape index (κ3) is 36.7. The number of hydrogen-bond donors (Lipinski definition) is 23. The Kier molecular flexibility index (Phi) is 43.0. The first-order chi connectivity index (χ1) is 52.6. The van der Waals surface area contributed by atoms with E-state index >= 15 is 0 Å². The minimum atomic E-state index is -2.11. The quantitative estimate of drug-likeness (QED) is 0.0256. The van der Waals surface area contributed by atoms with E-state index in [0.29, 0.717) is 21.6 Å². The number of amides is 17. The van der Waals surface area contributed by atoms with E-state index in [4.69, 9.17) is 17.2 Å². The second-order valence-corrected chi connectivity index (χ2v) is 33.1. The lowest BCUT2D eigenvalue weighted by Crippen LogP contribution is -2.62. The maximum atomic E-state index is 14.9. The Morgan fingerprint density at radius 3 is 1.48 bits per heavy atom. The molecular weight excluding hydrogens is 1580 g/mol. The SMILES string of the molecule is CC(C)CC(NC(=O)C1CSSCC2NC(=O)C(CC(C)C)NC(=O)C(CCC(=O)O)NC(=O)C(NC(=O)C(CCC(=O)O)NC(=O)C(CC(=O)O)NC(=O)C(N)CC(N)=O)CSSCC(NC(=O)C(C)NC(=O)C(C(C)C)NC(=O)C(CC(N)=O)NC(=O)C(C(C)C)NC2=O)C(=O)NC(C(C)O)C(=O)NCC(=O)N1)C(=O)O. The lowest BCUT2D eigenvalue weighted by atomic mass is 10.00. The largest absolute Gasteiger partial charge is 0.481 e. The van der Waals surface area contributed by atoms with Crippen molar-refractivity contribution in [3.8, 4) is 0 Å². The number of aliphatic carboxylic acids is 4. The molecule has 26 N–H and O–H groups in total. The molecule has 17 amide bonds. The summed E-state index contributed by atoms with van der Waals surface area (Å²) in [5.74, 6) is -32.5. The summed E-state index contributed by atoms with van der Waals surface area (Å²) in [4.78, 5) is 288. The standard InChI is InChI=1S/C65H104N18O26S4/c1-25(2)15-34-55(98)80-41-24-113-110-21-38(58(101)77-37(65(108)109)16-26(3)4)71-44(87)20-69-62(105)50(30(10)84)83-61(104)40(78-51(94)29(9)70-63(106)48(27(5)6)81-57(100)35(18-43(68)86)76-64(107)49(28(7)8)82-60(41)103)23-112-111-22-39(59(102)73-32(53(96)75-34)11-13-45(88)89)79-54(97)33(12-14-46(90)91)72-56(99)36(19-47(92)93)74-52(95)31(66)17-42(67)85/h25-41,48-50,84H,11-24,66H2,1-10H3,(H2,67,85)(H2,68,86)(H,69,105)(H,70,106)(H,71,87)(H,72,99)(H,73,102)(H,74,95)(H,75,96)(H,76,107)(H,77,101)(H,78,94)(H,79,97)(H,80,98)(H,81,100)(H,82,103)(H,83,104)(H,88,89)(H,90,91)(H,92,93)(H,108,109). The minimum absolute atomic E-state index is 0.111. The summed E-state index contributed by atoms with van der Waals surface area (Å²) in [5, 5.41) is 85.4. The van der Waals surface area contributed by atoms with E-state index in [2.05, 4.69) is 74.4 Å². The molecule has 16 atom stereocenters. The Hall–Kier alpha value is -9.81. The van der Waals surface area contributed by atoms with Gasteiger partial charge in [-0.15, -0.1) is 0 Å². The molecule has 3 rings (SSSR count). The molecule has 3 aliphatic heterocycles. The van der Waals surface area contributed by atoms with Crippen LogP contribution >= 0.6 is 43.2 Å². The highest BCUT2D eigenvalue weighted by atomic mass is 33.1. The molecular formula is C65H104N18O26S4. The topological polar surface area (TPSA) is 718 Å².